The molecule has 0 radical (unpaired) electrons. The van der Waals surface area contributed by atoms with Crippen LogP contribution in [0.3, 0.4) is 0 Å². The van der Waals surface area contributed by atoms with E-state index < -0.39 is 0 Å². The standard InChI is InChI=1S/C12H21NO/c1-10(12(2,3)4)8-13-9-11-6-5-7-14-11/h5-7,10,13H,8-9H2,1-4H3. The summed E-state index contributed by atoms with van der Waals surface area (Å²) in [5.74, 6) is 1.67. The van der Waals surface area contributed by atoms with E-state index in [1.165, 1.54) is 0 Å². The Hall–Kier alpha value is -0.760. The highest BCUT2D eigenvalue weighted by molar-refractivity contribution is 4.97. The minimum atomic E-state index is 0.371. The molecule has 1 heterocycles. The molecular formula is C12H21NO. The minimum Gasteiger partial charge on any atom is -0.468 e. The summed E-state index contributed by atoms with van der Waals surface area (Å²) >= 11 is 0. The van der Waals surface area contributed by atoms with Gasteiger partial charge in [0.05, 0.1) is 12.8 Å². The van der Waals surface area contributed by atoms with Crippen LogP contribution in [0.2, 0.25) is 0 Å². The van der Waals surface area contributed by atoms with Gasteiger partial charge in [-0.25, -0.2) is 0 Å². The van der Waals surface area contributed by atoms with E-state index >= 15 is 0 Å². The molecule has 0 aromatic carbocycles. The maximum atomic E-state index is 5.24. The van der Waals surface area contributed by atoms with E-state index in [0.29, 0.717) is 11.3 Å². The Kier molecular flexibility index (Phi) is 3.76. The first kappa shape index (κ1) is 11.3. The van der Waals surface area contributed by atoms with Gasteiger partial charge in [0.1, 0.15) is 5.76 Å². The highest BCUT2D eigenvalue weighted by atomic mass is 16.3. The molecule has 14 heavy (non-hydrogen) atoms. The molecule has 0 aliphatic heterocycles. The molecule has 0 amide bonds. The minimum absolute atomic E-state index is 0.371. The summed E-state index contributed by atoms with van der Waals surface area (Å²) in [5.41, 5.74) is 0.371. The Morgan fingerprint density at radius 2 is 2.14 bits per heavy atom. The van der Waals surface area contributed by atoms with Gasteiger partial charge in [-0.1, -0.05) is 27.7 Å². The molecule has 1 aromatic rings. The van der Waals surface area contributed by atoms with Crippen LogP contribution in [0.25, 0.3) is 0 Å². The van der Waals surface area contributed by atoms with Crippen LogP contribution in [-0.2, 0) is 6.54 Å². The molecule has 1 atom stereocenters. The Bertz CT molecular complexity index is 246. The van der Waals surface area contributed by atoms with Crippen LogP contribution in [-0.4, -0.2) is 6.54 Å². The van der Waals surface area contributed by atoms with Gasteiger partial charge in [0.2, 0.25) is 0 Å². The fraction of sp³-hybridized carbons (Fsp3) is 0.667. The molecule has 1 aromatic heterocycles. The lowest BCUT2D eigenvalue weighted by Gasteiger charge is -2.27. The van der Waals surface area contributed by atoms with E-state index in [1.54, 1.807) is 6.26 Å². The average molecular weight is 195 g/mol. The van der Waals surface area contributed by atoms with Crippen LogP contribution in [0, 0.1) is 11.3 Å². The SMILES string of the molecule is CC(CNCc1ccco1)C(C)(C)C. The summed E-state index contributed by atoms with van der Waals surface area (Å²) in [6.45, 7) is 10.9. The van der Waals surface area contributed by atoms with Crippen LogP contribution in [0.1, 0.15) is 33.5 Å². The molecule has 0 bridgehead atoms. The normalized spacial score (nSPS) is 14.3. The summed E-state index contributed by atoms with van der Waals surface area (Å²) < 4.78 is 5.24. The van der Waals surface area contributed by atoms with Crippen molar-refractivity contribution in [3.8, 4) is 0 Å². The van der Waals surface area contributed by atoms with Gasteiger partial charge in [0.25, 0.3) is 0 Å². The molecule has 0 saturated heterocycles. The molecular weight excluding hydrogens is 174 g/mol. The van der Waals surface area contributed by atoms with E-state index in [9.17, 15) is 0 Å². The quantitative estimate of drug-likeness (QED) is 0.798. The predicted octanol–water partition coefficient (Wildman–Crippen LogP) is 3.05. The number of furan rings is 1. The summed E-state index contributed by atoms with van der Waals surface area (Å²) in [6, 6.07) is 3.92. The first-order chi connectivity index (χ1) is 6.50. The molecule has 2 heteroatoms. The van der Waals surface area contributed by atoms with Gasteiger partial charge in [0, 0.05) is 0 Å². The molecule has 0 saturated carbocycles. The summed E-state index contributed by atoms with van der Waals surface area (Å²) in [6.07, 6.45) is 1.71. The van der Waals surface area contributed by atoms with Crippen LogP contribution >= 0.6 is 0 Å². The molecule has 1 N–H and O–H groups in total. The van der Waals surface area contributed by atoms with E-state index in [4.69, 9.17) is 4.42 Å². The smallest absolute Gasteiger partial charge is 0.117 e. The monoisotopic (exact) mass is 195 g/mol. The average Bonchev–Trinajstić information content (AvgIpc) is 2.55. The molecule has 0 spiro atoms. The molecule has 2 nitrogen and oxygen atoms in total. The zero-order valence-corrected chi connectivity index (χ0v) is 9.63. The Morgan fingerprint density at radius 3 is 2.64 bits per heavy atom. The van der Waals surface area contributed by atoms with Crippen molar-refractivity contribution < 1.29 is 4.42 Å². The summed E-state index contributed by atoms with van der Waals surface area (Å²) in [5, 5.41) is 3.40. The second-order valence-corrected chi connectivity index (χ2v) is 4.98. The number of hydrogen-bond acceptors (Lipinski definition) is 2. The third-order valence-electron chi connectivity index (χ3n) is 2.81. The summed E-state index contributed by atoms with van der Waals surface area (Å²) in [4.78, 5) is 0. The van der Waals surface area contributed by atoms with Gasteiger partial charge in [-0.05, 0) is 30.0 Å². The molecule has 1 unspecified atom stereocenters. The van der Waals surface area contributed by atoms with Crippen LogP contribution < -0.4 is 5.32 Å². The highest BCUT2D eigenvalue weighted by Crippen LogP contribution is 2.24. The summed E-state index contributed by atoms with van der Waals surface area (Å²) in [7, 11) is 0. The van der Waals surface area contributed by atoms with Crippen LogP contribution in [0.5, 0.6) is 0 Å². The lowest BCUT2D eigenvalue weighted by atomic mass is 9.82. The van der Waals surface area contributed by atoms with E-state index in [-0.39, 0.29) is 0 Å². The third kappa shape index (κ3) is 3.54. The lowest BCUT2D eigenvalue weighted by Crippen LogP contribution is -2.29. The van der Waals surface area contributed by atoms with Crippen molar-refractivity contribution in [2.45, 2.75) is 34.2 Å². The zero-order chi connectivity index (χ0) is 10.6. The third-order valence-corrected chi connectivity index (χ3v) is 2.81. The number of rotatable bonds is 4. The van der Waals surface area contributed by atoms with Gasteiger partial charge in [-0.15, -0.1) is 0 Å². The van der Waals surface area contributed by atoms with Gasteiger partial charge in [-0.3, -0.25) is 0 Å². The molecule has 1 rings (SSSR count). The Labute approximate surface area is 86.7 Å². The van der Waals surface area contributed by atoms with Crippen molar-refractivity contribution >= 4 is 0 Å². The van der Waals surface area contributed by atoms with E-state index in [1.807, 2.05) is 12.1 Å². The van der Waals surface area contributed by atoms with Crippen molar-refractivity contribution in [3.05, 3.63) is 24.2 Å². The number of hydrogen-bond donors (Lipinski definition) is 1. The van der Waals surface area contributed by atoms with Crippen molar-refractivity contribution in [3.63, 3.8) is 0 Å². The van der Waals surface area contributed by atoms with Crippen molar-refractivity contribution in [2.75, 3.05) is 6.54 Å². The van der Waals surface area contributed by atoms with Crippen molar-refractivity contribution in [1.29, 1.82) is 0 Å². The van der Waals surface area contributed by atoms with E-state index in [0.717, 1.165) is 18.8 Å². The van der Waals surface area contributed by atoms with Gasteiger partial charge in [-0.2, -0.15) is 0 Å². The van der Waals surface area contributed by atoms with Crippen molar-refractivity contribution in [2.24, 2.45) is 11.3 Å². The molecule has 80 valence electrons. The topological polar surface area (TPSA) is 25.2 Å². The Morgan fingerprint density at radius 1 is 1.43 bits per heavy atom. The second-order valence-electron chi connectivity index (χ2n) is 4.98. The lowest BCUT2D eigenvalue weighted by molar-refractivity contribution is 0.250. The predicted molar refractivity (Wildman–Crippen MR) is 59.0 cm³/mol. The number of nitrogens with one attached hydrogen (secondary N) is 1. The van der Waals surface area contributed by atoms with Gasteiger partial charge < -0.3 is 9.73 Å². The first-order valence-corrected chi connectivity index (χ1v) is 5.23. The van der Waals surface area contributed by atoms with Crippen LogP contribution in [0.4, 0.5) is 0 Å². The zero-order valence-electron chi connectivity index (χ0n) is 9.63. The fourth-order valence-corrected chi connectivity index (χ4v) is 1.13. The van der Waals surface area contributed by atoms with Crippen molar-refractivity contribution in [1.82, 2.24) is 5.32 Å². The Balaban J connectivity index is 2.22. The van der Waals surface area contributed by atoms with Gasteiger partial charge >= 0.3 is 0 Å². The highest BCUT2D eigenvalue weighted by Gasteiger charge is 2.19. The van der Waals surface area contributed by atoms with E-state index in [2.05, 4.69) is 33.0 Å². The molecule has 0 fully saturated rings. The van der Waals surface area contributed by atoms with Crippen LogP contribution in [0.15, 0.2) is 22.8 Å². The maximum Gasteiger partial charge on any atom is 0.117 e. The fourth-order valence-electron chi connectivity index (χ4n) is 1.13. The molecule has 0 aliphatic carbocycles. The first-order valence-electron chi connectivity index (χ1n) is 5.23. The van der Waals surface area contributed by atoms with Gasteiger partial charge in [0.15, 0.2) is 0 Å². The second kappa shape index (κ2) is 4.65. The molecule has 0 aliphatic rings. The maximum absolute atomic E-state index is 5.24. The largest absolute Gasteiger partial charge is 0.468 e.